The van der Waals surface area contributed by atoms with E-state index in [0.29, 0.717) is 11.6 Å². The summed E-state index contributed by atoms with van der Waals surface area (Å²) >= 11 is 0. The lowest BCUT2D eigenvalue weighted by atomic mass is 10.1. The zero-order chi connectivity index (χ0) is 13.8. The van der Waals surface area contributed by atoms with Gasteiger partial charge in [0.05, 0.1) is 12.3 Å². The molecular weight excluding hydrogens is 250 g/mol. The first-order valence-corrected chi connectivity index (χ1v) is 7.53. The lowest BCUT2D eigenvalue weighted by molar-refractivity contribution is 0.177. The van der Waals surface area contributed by atoms with Gasteiger partial charge in [-0.2, -0.15) is 0 Å². The molecule has 1 aromatic heterocycles. The molecule has 0 amide bonds. The molecular formula is C17H21NO2. The topological polar surface area (TPSA) is 42.4 Å². The first-order chi connectivity index (χ1) is 9.86. The Labute approximate surface area is 119 Å². The van der Waals surface area contributed by atoms with Crippen LogP contribution in [0.5, 0.6) is 5.88 Å². The van der Waals surface area contributed by atoms with Crippen LogP contribution in [0.3, 0.4) is 0 Å². The predicted molar refractivity (Wildman–Crippen MR) is 79.8 cm³/mol. The summed E-state index contributed by atoms with van der Waals surface area (Å²) in [6.45, 7) is -0.0497. The predicted octanol–water partition coefficient (Wildman–Crippen LogP) is 3.83. The van der Waals surface area contributed by atoms with E-state index in [1.54, 1.807) is 0 Å². The maximum Gasteiger partial charge on any atom is 0.221 e. The van der Waals surface area contributed by atoms with Gasteiger partial charge in [-0.05, 0) is 43.2 Å². The van der Waals surface area contributed by atoms with Crippen LogP contribution in [0.25, 0.3) is 10.8 Å². The molecule has 0 unspecified atom stereocenters. The van der Waals surface area contributed by atoms with E-state index in [-0.39, 0.29) is 12.7 Å². The second kappa shape index (κ2) is 6.23. The standard InChI is InChI=1S/C17H21NO2/c19-12-14-11-13-7-5-6-10-16(13)17(18-14)20-15-8-3-1-2-4-9-15/h5-7,10-11,15,19H,1-4,8-9,12H2. The Morgan fingerprint density at radius 3 is 2.60 bits per heavy atom. The summed E-state index contributed by atoms with van der Waals surface area (Å²) in [6, 6.07) is 10.0. The van der Waals surface area contributed by atoms with E-state index in [1.165, 1.54) is 25.7 Å². The molecule has 0 radical (unpaired) electrons. The van der Waals surface area contributed by atoms with E-state index in [1.807, 2.05) is 30.3 Å². The third kappa shape index (κ3) is 2.93. The maximum absolute atomic E-state index is 9.35. The van der Waals surface area contributed by atoms with Crippen molar-refractivity contribution in [2.24, 2.45) is 0 Å². The van der Waals surface area contributed by atoms with Crippen LogP contribution in [0.15, 0.2) is 30.3 Å². The minimum Gasteiger partial charge on any atom is -0.474 e. The number of aliphatic hydroxyl groups is 1. The number of nitrogens with zero attached hydrogens (tertiary/aromatic N) is 1. The Morgan fingerprint density at radius 2 is 1.85 bits per heavy atom. The second-order valence-corrected chi connectivity index (χ2v) is 5.53. The van der Waals surface area contributed by atoms with Gasteiger partial charge >= 0.3 is 0 Å². The summed E-state index contributed by atoms with van der Waals surface area (Å²) in [7, 11) is 0. The van der Waals surface area contributed by atoms with Crippen molar-refractivity contribution in [3.63, 3.8) is 0 Å². The highest BCUT2D eigenvalue weighted by molar-refractivity contribution is 5.87. The lowest BCUT2D eigenvalue weighted by Crippen LogP contribution is -2.16. The average Bonchev–Trinajstić information content (AvgIpc) is 2.75. The Kier molecular flexibility index (Phi) is 4.16. The van der Waals surface area contributed by atoms with Crippen molar-refractivity contribution in [1.29, 1.82) is 0 Å². The fourth-order valence-corrected chi connectivity index (χ4v) is 2.91. The molecule has 1 saturated carbocycles. The first kappa shape index (κ1) is 13.4. The molecule has 0 atom stereocenters. The number of benzene rings is 1. The van der Waals surface area contributed by atoms with E-state index in [4.69, 9.17) is 4.74 Å². The molecule has 1 aromatic carbocycles. The molecule has 0 bridgehead atoms. The van der Waals surface area contributed by atoms with Crippen LogP contribution in [-0.2, 0) is 6.61 Å². The zero-order valence-electron chi connectivity index (χ0n) is 11.7. The number of ether oxygens (including phenoxy) is 1. The Morgan fingerprint density at radius 1 is 1.10 bits per heavy atom. The van der Waals surface area contributed by atoms with Gasteiger partial charge in [0.15, 0.2) is 0 Å². The van der Waals surface area contributed by atoms with Crippen molar-refractivity contribution < 1.29 is 9.84 Å². The monoisotopic (exact) mass is 271 g/mol. The van der Waals surface area contributed by atoms with Crippen LogP contribution in [-0.4, -0.2) is 16.2 Å². The highest BCUT2D eigenvalue weighted by Gasteiger charge is 2.16. The molecule has 3 rings (SSSR count). The molecule has 1 N–H and O–H groups in total. The first-order valence-electron chi connectivity index (χ1n) is 7.53. The molecule has 0 aliphatic heterocycles. The van der Waals surface area contributed by atoms with Crippen LogP contribution in [0.2, 0.25) is 0 Å². The molecule has 20 heavy (non-hydrogen) atoms. The molecule has 1 aliphatic rings. The maximum atomic E-state index is 9.35. The average molecular weight is 271 g/mol. The summed E-state index contributed by atoms with van der Waals surface area (Å²) in [6.07, 6.45) is 7.58. The molecule has 3 heteroatoms. The van der Waals surface area contributed by atoms with Gasteiger partial charge < -0.3 is 9.84 Å². The number of hydrogen-bond donors (Lipinski definition) is 1. The van der Waals surface area contributed by atoms with Gasteiger partial charge in [0.1, 0.15) is 6.10 Å². The van der Waals surface area contributed by atoms with Gasteiger partial charge in [0.25, 0.3) is 0 Å². The molecule has 1 aliphatic carbocycles. The fourth-order valence-electron chi connectivity index (χ4n) is 2.91. The summed E-state index contributed by atoms with van der Waals surface area (Å²) in [5.41, 5.74) is 0.673. The number of pyridine rings is 1. The van der Waals surface area contributed by atoms with Gasteiger partial charge in [-0.15, -0.1) is 0 Å². The van der Waals surface area contributed by atoms with Gasteiger partial charge in [-0.25, -0.2) is 4.98 Å². The van der Waals surface area contributed by atoms with Gasteiger partial charge in [-0.3, -0.25) is 0 Å². The fraction of sp³-hybridized carbons (Fsp3) is 0.471. The van der Waals surface area contributed by atoms with Crippen LogP contribution < -0.4 is 4.74 Å². The van der Waals surface area contributed by atoms with Gasteiger partial charge in [0.2, 0.25) is 5.88 Å². The van der Waals surface area contributed by atoms with Crippen molar-refractivity contribution >= 4 is 10.8 Å². The third-order valence-corrected chi connectivity index (χ3v) is 4.00. The minimum absolute atomic E-state index is 0.0497. The third-order valence-electron chi connectivity index (χ3n) is 4.00. The zero-order valence-corrected chi connectivity index (χ0v) is 11.7. The van der Waals surface area contributed by atoms with Crippen molar-refractivity contribution in [1.82, 2.24) is 4.98 Å². The lowest BCUT2D eigenvalue weighted by Gasteiger charge is -2.18. The van der Waals surface area contributed by atoms with Crippen LogP contribution >= 0.6 is 0 Å². The Bertz CT molecular complexity index is 574. The van der Waals surface area contributed by atoms with Gasteiger partial charge in [0, 0.05) is 5.39 Å². The van der Waals surface area contributed by atoms with Crippen molar-refractivity contribution in [2.45, 2.75) is 51.2 Å². The summed E-state index contributed by atoms with van der Waals surface area (Å²) < 4.78 is 6.17. The Balaban J connectivity index is 1.92. The van der Waals surface area contributed by atoms with E-state index in [9.17, 15) is 5.11 Å². The van der Waals surface area contributed by atoms with Crippen molar-refractivity contribution in [3.05, 3.63) is 36.0 Å². The SMILES string of the molecule is OCc1cc2ccccc2c(OC2CCCCCC2)n1. The smallest absolute Gasteiger partial charge is 0.221 e. The molecule has 0 saturated heterocycles. The molecule has 2 aromatic rings. The summed E-state index contributed by atoms with van der Waals surface area (Å²) in [5.74, 6) is 0.680. The number of fused-ring (bicyclic) bond motifs is 1. The number of aromatic nitrogens is 1. The van der Waals surface area contributed by atoms with E-state index < -0.39 is 0 Å². The molecule has 1 heterocycles. The largest absolute Gasteiger partial charge is 0.474 e. The minimum atomic E-state index is -0.0497. The summed E-state index contributed by atoms with van der Waals surface area (Å²) in [4.78, 5) is 4.47. The quantitative estimate of drug-likeness (QED) is 0.863. The number of hydrogen-bond acceptors (Lipinski definition) is 3. The molecule has 0 spiro atoms. The van der Waals surface area contributed by atoms with E-state index >= 15 is 0 Å². The van der Waals surface area contributed by atoms with Crippen molar-refractivity contribution in [3.8, 4) is 5.88 Å². The van der Waals surface area contributed by atoms with E-state index in [0.717, 1.165) is 23.6 Å². The highest BCUT2D eigenvalue weighted by Crippen LogP contribution is 2.28. The van der Waals surface area contributed by atoms with Crippen LogP contribution in [0.4, 0.5) is 0 Å². The molecule has 106 valence electrons. The molecule has 1 fully saturated rings. The van der Waals surface area contributed by atoms with Gasteiger partial charge in [-0.1, -0.05) is 31.0 Å². The number of aliphatic hydroxyl groups excluding tert-OH is 1. The normalized spacial score (nSPS) is 17.1. The molecule has 3 nitrogen and oxygen atoms in total. The van der Waals surface area contributed by atoms with Crippen LogP contribution in [0.1, 0.15) is 44.2 Å². The van der Waals surface area contributed by atoms with E-state index in [2.05, 4.69) is 4.98 Å². The van der Waals surface area contributed by atoms with Crippen molar-refractivity contribution in [2.75, 3.05) is 0 Å². The highest BCUT2D eigenvalue weighted by atomic mass is 16.5. The Hall–Kier alpha value is -1.61. The number of rotatable bonds is 3. The second-order valence-electron chi connectivity index (χ2n) is 5.53. The summed E-state index contributed by atoms with van der Waals surface area (Å²) in [5, 5.41) is 11.5. The van der Waals surface area contributed by atoms with Crippen LogP contribution in [0, 0.1) is 0 Å².